The van der Waals surface area contributed by atoms with Gasteiger partial charge in [-0.05, 0) is 41.0 Å². The Labute approximate surface area is 118 Å². The van der Waals surface area contributed by atoms with E-state index in [2.05, 4.69) is 53.6 Å². The molecule has 2 aromatic carbocycles. The van der Waals surface area contributed by atoms with E-state index in [-0.39, 0.29) is 0 Å². The Hall–Kier alpha value is -2.49. The Morgan fingerprint density at radius 1 is 0.900 bits per heavy atom. The number of nitrogens with zero attached hydrogens (tertiary/aromatic N) is 4. The van der Waals surface area contributed by atoms with Crippen LogP contribution in [0.3, 0.4) is 0 Å². The number of tetrazole rings is 1. The lowest BCUT2D eigenvalue weighted by atomic mass is 10.1. The van der Waals surface area contributed by atoms with Crippen molar-refractivity contribution >= 4 is 0 Å². The van der Waals surface area contributed by atoms with Gasteiger partial charge in [-0.25, -0.2) is 4.68 Å². The molecule has 1 aromatic heterocycles. The van der Waals surface area contributed by atoms with Gasteiger partial charge in [-0.15, -0.1) is 5.10 Å². The fourth-order valence-electron chi connectivity index (χ4n) is 2.28. The highest BCUT2D eigenvalue weighted by Crippen LogP contribution is 2.21. The molecule has 100 valence electrons. The van der Waals surface area contributed by atoms with Crippen LogP contribution in [0.15, 0.2) is 48.5 Å². The molecule has 0 atom stereocenters. The van der Waals surface area contributed by atoms with Crippen LogP contribution in [0.2, 0.25) is 0 Å². The molecular formula is C16H16N4. The van der Waals surface area contributed by atoms with Crippen molar-refractivity contribution in [2.24, 2.45) is 0 Å². The van der Waals surface area contributed by atoms with Crippen LogP contribution in [0, 0.1) is 13.8 Å². The first-order chi connectivity index (χ1) is 9.75. The van der Waals surface area contributed by atoms with Gasteiger partial charge in [-0.2, -0.15) is 0 Å². The van der Waals surface area contributed by atoms with Crippen molar-refractivity contribution in [3.8, 4) is 11.4 Å². The van der Waals surface area contributed by atoms with Gasteiger partial charge in [0.1, 0.15) is 0 Å². The molecule has 0 saturated heterocycles. The van der Waals surface area contributed by atoms with Gasteiger partial charge in [0, 0.05) is 5.56 Å². The molecule has 0 amide bonds. The predicted molar refractivity (Wildman–Crippen MR) is 78.3 cm³/mol. The summed E-state index contributed by atoms with van der Waals surface area (Å²) < 4.78 is 1.85. The molecule has 4 heteroatoms. The highest BCUT2D eigenvalue weighted by atomic mass is 15.5. The first-order valence-electron chi connectivity index (χ1n) is 6.62. The maximum absolute atomic E-state index is 4.17. The molecule has 0 spiro atoms. The van der Waals surface area contributed by atoms with E-state index in [1.165, 1.54) is 16.7 Å². The van der Waals surface area contributed by atoms with Gasteiger partial charge in [0.05, 0.1) is 6.54 Å². The van der Waals surface area contributed by atoms with Gasteiger partial charge >= 0.3 is 0 Å². The van der Waals surface area contributed by atoms with Crippen LogP contribution in [-0.2, 0) is 6.54 Å². The summed E-state index contributed by atoms with van der Waals surface area (Å²) >= 11 is 0. The van der Waals surface area contributed by atoms with Crippen molar-refractivity contribution in [2.75, 3.05) is 0 Å². The predicted octanol–water partition coefficient (Wildman–Crippen LogP) is 3.01. The first-order valence-corrected chi connectivity index (χ1v) is 6.62. The third kappa shape index (κ3) is 2.32. The van der Waals surface area contributed by atoms with Gasteiger partial charge in [0.2, 0.25) is 0 Å². The van der Waals surface area contributed by atoms with E-state index < -0.39 is 0 Å². The minimum absolute atomic E-state index is 0.684. The highest BCUT2D eigenvalue weighted by molar-refractivity contribution is 5.59. The number of aromatic nitrogens is 4. The molecule has 3 aromatic rings. The van der Waals surface area contributed by atoms with Crippen LogP contribution in [0.5, 0.6) is 0 Å². The topological polar surface area (TPSA) is 43.6 Å². The van der Waals surface area contributed by atoms with Crippen LogP contribution >= 0.6 is 0 Å². The molecule has 0 fully saturated rings. The first kappa shape index (κ1) is 12.5. The van der Waals surface area contributed by atoms with Crippen LogP contribution in [0.25, 0.3) is 11.4 Å². The van der Waals surface area contributed by atoms with Crippen molar-refractivity contribution in [3.63, 3.8) is 0 Å². The maximum Gasteiger partial charge on any atom is 0.182 e. The second kappa shape index (κ2) is 5.25. The second-order valence-corrected chi connectivity index (χ2v) is 4.90. The minimum Gasteiger partial charge on any atom is -0.221 e. The molecule has 0 bridgehead atoms. The summed E-state index contributed by atoms with van der Waals surface area (Å²) in [6, 6.07) is 16.5. The van der Waals surface area contributed by atoms with Gasteiger partial charge in [0.25, 0.3) is 0 Å². The molecule has 4 nitrogen and oxygen atoms in total. The molecule has 0 radical (unpaired) electrons. The van der Waals surface area contributed by atoms with Crippen molar-refractivity contribution in [1.29, 1.82) is 0 Å². The molecule has 0 aliphatic carbocycles. The number of hydrogen-bond acceptors (Lipinski definition) is 3. The highest BCUT2D eigenvalue weighted by Gasteiger charge is 2.11. The smallest absolute Gasteiger partial charge is 0.182 e. The Morgan fingerprint density at radius 2 is 1.60 bits per heavy atom. The lowest BCUT2D eigenvalue weighted by molar-refractivity contribution is 0.651. The summed E-state index contributed by atoms with van der Waals surface area (Å²) in [5.41, 5.74) is 4.73. The number of benzene rings is 2. The third-order valence-corrected chi connectivity index (χ3v) is 3.50. The maximum atomic E-state index is 4.17. The van der Waals surface area contributed by atoms with E-state index in [4.69, 9.17) is 0 Å². The van der Waals surface area contributed by atoms with E-state index in [1.807, 2.05) is 28.9 Å². The molecule has 0 saturated carbocycles. The van der Waals surface area contributed by atoms with Crippen LogP contribution in [0.1, 0.15) is 16.7 Å². The van der Waals surface area contributed by atoms with Crippen molar-refractivity contribution < 1.29 is 0 Å². The summed E-state index contributed by atoms with van der Waals surface area (Å²) in [6.07, 6.45) is 0. The average Bonchev–Trinajstić information content (AvgIpc) is 2.90. The zero-order valence-corrected chi connectivity index (χ0v) is 11.6. The third-order valence-electron chi connectivity index (χ3n) is 3.50. The quantitative estimate of drug-likeness (QED) is 0.730. The van der Waals surface area contributed by atoms with Crippen molar-refractivity contribution in [3.05, 3.63) is 65.2 Å². The van der Waals surface area contributed by atoms with Crippen LogP contribution in [0.4, 0.5) is 0 Å². The molecule has 1 heterocycles. The van der Waals surface area contributed by atoms with Crippen molar-refractivity contribution in [2.45, 2.75) is 20.4 Å². The molecule has 0 N–H and O–H groups in total. The lowest BCUT2D eigenvalue weighted by Crippen LogP contribution is -2.06. The molecule has 0 aliphatic heterocycles. The molecule has 3 rings (SSSR count). The Morgan fingerprint density at radius 3 is 2.35 bits per heavy atom. The van der Waals surface area contributed by atoms with E-state index in [1.54, 1.807) is 0 Å². The van der Waals surface area contributed by atoms with Gasteiger partial charge < -0.3 is 0 Å². The zero-order chi connectivity index (χ0) is 13.9. The fourth-order valence-corrected chi connectivity index (χ4v) is 2.28. The van der Waals surface area contributed by atoms with Crippen molar-refractivity contribution in [1.82, 2.24) is 20.2 Å². The van der Waals surface area contributed by atoms with Gasteiger partial charge in [-0.1, -0.05) is 48.5 Å². The summed E-state index contributed by atoms with van der Waals surface area (Å²) in [6.45, 7) is 4.86. The summed E-state index contributed by atoms with van der Waals surface area (Å²) in [4.78, 5) is 0. The largest absolute Gasteiger partial charge is 0.221 e. The molecule has 0 aliphatic rings. The van der Waals surface area contributed by atoms with E-state index >= 15 is 0 Å². The molecule has 0 unspecified atom stereocenters. The summed E-state index contributed by atoms with van der Waals surface area (Å²) in [5.74, 6) is 0.811. The second-order valence-electron chi connectivity index (χ2n) is 4.90. The fraction of sp³-hybridized carbons (Fsp3) is 0.188. The SMILES string of the molecule is Cc1ccccc1Cn1nnnc1-c1ccccc1C. The summed E-state index contributed by atoms with van der Waals surface area (Å²) in [7, 11) is 0. The number of aryl methyl sites for hydroxylation is 2. The minimum atomic E-state index is 0.684. The molecule has 20 heavy (non-hydrogen) atoms. The van der Waals surface area contributed by atoms with Crippen LogP contribution in [-0.4, -0.2) is 20.2 Å². The van der Waals surface area contributed by atoms with E-state index in [0.717, 1.165) is 11.4 Å². The number of rotatable bonds is 3. The van der Waals surface area contributed by atoms with Gasteiger partial charge in [0.15, 0.2) is 5.82 Å². The lowest BCUT2D eigenvalue weighted by Gasteiger charge is -2.08. The Kier molecular flexibility index (Phi) is 3.29. The standard InChI is InChI=1S/C16H16N4/c1-12-7-3-5-9-14(12)11-20-16(17-18-19-20)15-10-6-4-8-13(15)2/h3-10H,11H2,1-2H3. The van der Waals surface area contributed by atoms with E-state index in [0.29, 0.717) is 6.54 Å². The van der Waals surface area contributed by atoms with Gasteiger partial charge in [-0.3, -0.25) is 0 Å². The Bertz CT molecular complexity index is 731. The molecular weight excluding hydrogens is 248 g/mol. The number of hydrogen-bond donors (Lipinski definition) is 0. The Balaban J connectivity index is 2.00. The monoisotopic (exact) mass is 264 g/mol. The average molecular weight is 264 g/mol. The summed E-state index contributed by atoms with van der Waals surface area (Å²) in [5, 5.41) is 12.1. The van der Waals surface area contributed by atoms with Crippen LogP contribution < -0.4 is 0 Å². The zero-order valence-electron chi connectivity index (χ0n) is 11.6. The van der Waals surface area contributed by atoms with E-state index in [9.17, 15) is 0 Å². The normalized spacial score (nSPS) is 10.7.